The Bertz CT molecular complexity index is 1270. The summed E-state index contributed by atoms with van der Waals surface area (Å²) in [5, 5.41) is 3.35. The average Bonchev–Trinajstić information content (AvgIpc) is 3.37. The second-order valence-corrected chi connectivity index (χ2v) is 10.8. The Balaban J connectivity index is 1.58. The molecule has 3 fully saturated rings. The number of aromatic nitrogens is 1. The summed E-state index contributed by atoms with van der Waals surface area (Å²) >= 11 is 31.3. The Morgan fingerprint density at radius 2 is 1.73 bits per heavy atom. The van der Waals surface area contributed by atoms with Gasteiger partial charge in [-0.1, -0.05) is 46.4 Å². The number of benzene rings is 1. The number of pyridine rings is 1. The summed E-state index contributed by atoms with van der Waals surface area (Å²) in [6.45, 7) is 0.331. The standard InChI is InChI=1S/C21H13Cl5N4O3/c22-7-1-10-17(11(25)2-7)28-20(33)21(10)16-15(12-3-9(24)6-29(12)21)18(31)30(19(16)32)14-5-8(23)4-13(26)27-14/h1-2,4-5,9,12,15-16H,3,6H2,(H,28,33)/t9-,12?,15?,16?,21?/m0/s1. The molecule has 4 aliphatic heterocycles. The van der Waals surface area contributed by atoms with E-state index in [4.69, 9.17) is 58.0 Å². The van der Waals surface area contributed by atoms with Crippen molar-refractivity contribution in [3.63, 3.8) is 0 Å². The largest absolute Gasteiger partial charge is 0.323 e. The van der Waals surface area contributed by atoms with Crippen molar-refractivity contribution in [2.24, 2.45) is 11.8 Å². The molecule has 12 heteroatoms. The fourth-order valence-electron chi connectivity index (χ4n) is 5.97. The molecule has 4 aliphatic rings. The molecule has 170 valence electrons. The first-order chi connectivity index (χ1) is 15.6. The van der Waals surface area contributed by atoms with Gasteiger partial charge in [-0.2, -0.15) is 0 Å². The second-order valence-electron chi connectivity index (χ2n) is 8.56. The number of nitrogens with zero attached hydrogens (tertiary/aromatic N) is 3. The summed E-state index contributed by atoms with van der Waals surface area (Å²) in [7, 11) is 0. The van der Waals surface area contributed by atoms with Gasteiger partial charge in [-0.05, 0) is 24.6 Å². The summed E-state index contributed by atoms with van der Waals surface area (Å²) in [6, 6.07) is 5.51. The lowest BCUT2D eigenvalue weighted by molar-refractivity contribution is -0.135. The molecule has 1 aromatic heterocycles. The van der Waals surface area contributed by atoms with Gasteiger partial charge in [0.2, 0.25) is 11.8 Å². The number of rotatable bonds is 1. The molecule has 5 atom stereocenters. The number of hydrogen-bond acceptors (Lipinski definition) is 5. The van der Waals surface area contributed by atoms with Crippen LogP contribution in [0.1, 0.15) is 12.0 Å². The van der Waals surface area contributed by atoms with Gasteiger partial charge in [-0.25, -0.2) is 9.88 Å². The van der Waals surface area contributed by atoms with Gasteiger partial charge >= 0.3 is 0 Å². The predicted octanol–water partition coefficient (Wildman–Crippen LogP) is 4.34. The van der Waals surface area contributed by atoms with Crippen LogP contribution in [-0.4, -0.2) is 45.6 Å². The van der Waals surface area contributed by atoms with E-state index in [1.807, 2.05) is 4.90 Å². The second kappa shape index (κ2) is 7.20. The molecule has 3 amide bonds. The molecule has 0 aliphatic carbocycles. The predicted molar refractivity (Wildman–Crippen MR) is 125 cm³/mol. The first-order valence-electron chi connectivity index (χ1n) is 10.1. The monoisotopic (exact) mass is 544 g/mol. The molecule has 4 unspecified atom stereocenters. The summed E-state index contributed by atoms with van der Waals surface area (Å²) in [4.78, 5) is 48.2. The van der Waals surface area contributed by atoms with E-state index in [1.54, 1.807) is 6.07 Å². The Morgan fingerprint density at radius 1 is 1.00 bits per heavy atom. The highest BCUT2D eigenvalue weighted by atomic mass is 35.5. The number of alkyl halides is 1. The first kappa shape index (κ1) is 21.9. The number of fused-ring (bicyclic) bond motifs is 7. The normalized spacial score (nSPS) is 32.5. The topological polar surface area (TPSA) is 82.6 Å². The molecule has 0 radical (unpaired) electrons. The molecular formula is C21H13Cl5N4O3. The van der Waals surface area contributed by atoms with Gasteiger partial charge in [-0.3, -0.25) is 19.3 Å². The van der Waals surface area contributed by atoms with Crippen molar-refractivity contribution in [2.45, 2.75) is 23.4 Å². The van der Waals surface area contributed by atoms with Crippen LogP contribution in [0.25, 0.3) is 0 Å². The van der Waals surface area contributed by atoms with Crippen LogP contribution in [-0.2, 0) is 19.9 Å². The molecule has 3 saturated heterocycles. The lowest BCUT2D eigenvalue weighted by Crippen LogP contribution is -2.54. The molecule has 2 aromatic rings. The molecule has 1 spiro atoms. The minimum absolute atomic E-state index is 0.0155. The molecule has 1 aromatic carbocycles. The molecule has 0 bridgehead atoms. The molecule has 7 nitrogen and oxygen atoms in total. The van der Waals surface area contributed by atoms with Gasteiger partial charge in [0.15, 0.2) is 0 Å². The number of amides is 3. The van der Waals surface area contributed by atoms with Crippen LogP contribution in [0.5, 0.6) is 0 Å². The number of carbonyl (C=O) groups excluding carboxylic acids is 3. The van der Waals surface area contributed by atoms with Crippen molar-refractivity contribution < 1.29 is 14.4 Å². The van der Waals surface area contributed by atoms with Crippen LogP contribution >= 0.6 is 58.0 Å². The van der Waals surface area contributed by atoms with Crippen LogP contribution in [0.4, 0.5) is 11.5 Å². The number of halogens is 5. The van der Waals surface area contributed by atoms with Gasteiger partial charge in [0.25, 0.3) is 5.91 Å². The minimum atomic E-state index is -1.48. The van der Waals surface area contributed by atoms with Crippen molar-refractivity contribution in [1.82, 2.24) is 9.88 Å². The molecule has 33 heavy (non-hydrogen) atoms. The van der Waals surface area contributed by atoms with Gasteiger partial charge in [0.1, 0.15) is 16.5 Å². The van der Waals surface area contributed by atoms with Gasteiger partial charge in [0.05, 0.1) is 22.5 Å². The number of imide groups is 1. The zero-order chi connectivity index (χ0) is 23.4. The van der Waals surface area contributed by atoms with Crippen LogP contribution in [0.2, 0.25) is 20.2 Å². The molecular weight excluding hydrogens is 534 g/mol. The van der Waals surface area contributed by atoms with E-state index in [9.17, 15) is 14.4 Å². The SMILES string of the molecule is O=C1C2C3C[C@H](Cl)CN3C3(C(=O)Nc4c(Cl)cc(Cl)cc43)C2C(=O)N1c1cc(Cl)cc(Cl)n1. The summed E-state index contributed by atoms with van der Waals surface area (Å²) in [5.41, 5.74) is -0.633. The van der Waals surface area contributed by atoms with E-state index >= 15 is 0 Å². The molecule has 6 rings (SSSR count). The van der Waals surface area contributed by atoms with E-state index < -0.39 is 41.1 Å². The van der Waals surface area contributed by atoms with Crippen LogP contribution in [0.15, 0.2) is 24.3 Å². The highest BCUT2D eigenvalue weighted by molar-refractivity contribution is 6.38. The maximum atomic E-state index is 13.9. The third-order valence-corrected chi connectivity index (χ3v) is 8.23. The highest BCUT2D eigenvalue weighted by Crippen LogP contribution is 2.62. The van der Waals surface area contributed by atoms with Crippen molar-refractivity contribution in [3.8, 4) is 0 Å². The Hall–Kier alpha value is -1.61. The van der Waals surface area contributed by atoms with E-state index in [2.05, 4.69) is 10.3 Å². The first-order valence-corrected chi connectivity index (χ1v) is 12.0. The van der Waals surface area contributed by atoms with Gasteiger partial charge in [0, 0.05) is 39.6 Å². The zero-order valence-electron chi connectivity index (χ0n) is 16.5. The number of carbonyl (C=O) groups is 3. The minimum Gasteiger partial charge on any atom is -0.323 e. The Morgan fingerprint density at radius 3 is 2.45 bits per heavy atom. The number of nitrogens with one attached hydrogen (secondary N) is 1. The van der Waals surface area contributed by atoms with Crippen LogP contribution < -0.4 is 10.2 Å². The third-order valence-electron chi connectivity index (χ3n) is 6.99. The van der Waals surface area contributed by atoms with Gasteiger partial charge < -0.3 is 5.32 Å². The number of anilines is 2. The fraction of sp³-hybridized carbons (Fsp3) is 0.333. The summed E-state index contributed by atoms with van der Waals surface area (Å²) in [6.07, 6.45) is 0.442. The van der Waals surface area contributed by atoms with E-state index in [0.29, 0.717) is 29.2 Å². The van der Waals surface area contributed by atoms with E-state index in [-0.39, 0.29) is 26.4 Å². The molecule has 0 saturated carbocycles. The van der Waals surface area contributed by atoms with Crippen molar-refractivity contribution >= 4 is 87.2 Å². The van der Waals surface area contributed by atoms with Crippen LogP contribution in [0.3, 0.4) is 0 Å². The lowest BCUT2D eigenvalue weighted by Gasteiger charge is -2.36. The quantitative estimate of drug-likeness (QED) is 0.327. The molecule has 1 N–H and O–H groups in total. The Labute approximate surface area is 212 Å². The fourth-order valence-corrected chi connectivity index (χ4v) is 7.31. The van der Waals surface area contributed by atoms with Gasteiger partial charge in [-0.15, -0.1) is 11.6 Å². The Kier molecular flexibility index (Phi) is 4.78. The number of hydrogen-bond donors (Lipinski definition) is 1. The maximum absolute atomic E-state index is 13.9. The van der Waals surface area contributed by atoms with Crippen molar-refractivity contribution in [1.29, 1.82) is 0 Å². The van der Waals surface area contributed by atoms with E-state index in [0.717, 1.165) is 4.90 Å². The van der Waals surface area contributed by atoms with Crippen molar-refractivity contribution in [3.05, 3.63) is 50.0 Å². The van der Waals surface area contributed by atoms with Crippen LogP contribution in [0, 0.1) is 11.8 Å². The summed E-state index contributed by atoms with van der Waals surface area (Å²) in [5.74, 6) is -3.28. The average molecular weight is 547 g/mol. The summed E-state index contributed by atoms with van der Waals surface area (Å²) < 4.78 is 0. The van der Waals surface area contributed by atoms with Crippen molar-refractivity contribution in [2.75, 3.05) is 16.8 Å². The lowest BCUT2D eigenvalue weighted by atomic mass is 9.75. The third kappa shape index (κ3) is 2.75. The molecule has 5 heterocycles. The van der Waals surface area contributed by atoms with E-state index in [1.165, 1.54) is 18.2 Å². The maximum Gasteiger partial charge on any atom is 0.250 e. The zero-order valence-corrected chi connectivity index (χ0v) is 20.3. The highest BCUT2D eigenvalue weighted by Gasteiger charge is 2.75. The smallest absolute Gasteiger partial charge is 0.250 e.